The maximum Gasteiger partial charge on any atom is 0.244 e. The maximum atomic E-state index is 12.7. The van der Waals surface area contributed by atoms with Crippen molar-refractivity contribution in [3.8, 4) is 0 Å². The van der Waals surface area contributed by atoms with Gasteiger partial charge in [-0.1, -0.05) is 18.2 Å². The van der Waals surface area contributed by atoms with Crippen molar-refractivity contribution in [3.63, 3.8) is 0 Å². The van der Waals surface area contributed by atoms with Crippen LogP contribution in [0.4, 0.5) is 0 Å². The second-order valence-corrected chi connectivity index (χ2v) is 8.45. The average Bonchev–Trinajstić information content (AvgIpc) is 3.12. The van der Waals surface area contributed by atoms with Crippen molar-refractivity contribution in [3.05, 3.63) is 60.6 Å². The molecule has 0 bridgehead atoms. The fraction of sp³-hybridized carbons (Fsp3) is 0.263. The molecule has 4 rings (SSSR count). The van der Waals surface area contributed by atoms with Gasteiger partial charge in [-0.2, -0.15) is 4.31 Å². The number of nitrogens with zero attached hydrogens (tertiary/aromatic N) is 3. The summed E-state index contributed by atoms with van der Waals surface area (Å²) in [5, 5.41) is 1.05. The summed E-state index contributed by atoms with van der Waals surface area (Å²) in [5.41, 5.74) is 1.97. The molecule has 1 fully saturated rings. The third-order valence-corrected chi connectivity index (χ3v) is 6.76. The highest BCUT2D eigenvalue weighted by atomic mass is 32.2. The summed E-state index contributed by atoms with van der Waals surface area (Å²) in [6.45, 7) is 1.36. The van der Waals surface area contributed by atoms with E-state index in [2.05, 4.69) is 9.97 Å². The molecule has 0 unspecified atom stereocenters. The predicted molar refractivity (Wildman–Crippen MR) is 102 cm³/mol. The van der Waals surface area contributed by atoms with Crippen LogP contribution in [-0.2, 0) is 21.2 Å². The quantitative estimate of drug-likeness (QED) is 0.741. The van der Waals surface area contributed by atoms with Crippen LogP contribution in [0.5, 0.6) is 0 Å². The molecule has 1 N–H and O–H groups in total. The molecule has 0 aliphatic carbocycles. The number of rotatable bonds is 4. The molecule has 1 aliphatic heterocycles. The summed E-state index contributed by atoms with van der Waals surface area (Å²) in [6, 6.07) is 11.0. The first-order valence-corrected chi connectivity index (χ1v) is 10.2. The number of H-pyrrole nitrogens is 1. The number of benzene rings is 1. The highest BCUT2D eigenvalue weighted by Gasteiger charge is 2.30. The summed E-state index contributed by atoms with van der Waals surface area (Å²) < 4.78 is 26.7. The minimum Gasteiger partial charge on any atom is -0.361 e. The van der Waals surface area contributed by atoms with Crippen molar-refractivity contribution in [1.82, 2.24) is 19.2 Å². The molecule has 0 radical (unpaired) electrons. The molecular weight excluding hydrogens is 364 g/mol. The molecule has 7 nitrogen and oxygen atoms in total. The minimum absolute atomic E-state index is 0.0122. The second-order valence-electron chi connectivity index (χ2n) is 6.51. The predicted octanol–water partition coefficient (Wildman–Crippen LogP) is 1.64. The number of fused-ring (bicyclic) bond motifs is 1. The first kappa shape index (κ1) is 17.7. The van der Waals surface area contributed by atoms with Gasteiger partial charge in [0.2, 0.25) is 15.9 Å². The van der Waals surface area contributed by atoms with Crippen molar-refractivity contribution in [2.24, 2.45) is 0 Å². The van der Waals surface area contributed by atoms with E-state index in [4.69, 9.17) is 0 Å². The van der Waals surface area contributed by atoms with Gasteiger partial charge in [-0.3, -0.25) is 9.78 Å². The Morgan fingerprint density at radius 1 is 1.07 bits per heavy atom. The van der Waals surface area contributed by atoms with Gasteiger partial charge in [0, 0.05) is 55.7 Å². The molecule has 3 heterocycles. The molecule has 140 valence electrons. The smallest absolute Gasteiger partial charge is 0.244 e. The van der Waals surface area contributed by atoms with E-state index in [9.17, 15) is 13.2 Å². The lowest BCUT2D eigenvalue weighted by molar-refractivity contribution is -0.131. The number of pyridine rings is 1. The monoisotopic (exact) mass is 384 g/mol. The van der Waals surface area contributed by atoms with E-state index in [0.717, 1.165) is 16.5 Å². The van der Waals surface area contributed by atoms with E-state index < -0.39 is 10.0 Å². The zero-order chi connectivity index (χ0) is 18.9. The highest BCUT2D eigenvalue weighted by Crippen LogP contribution is 2.20. The van der Waals surface area contributed by atoms with E-state index >= 15 is 0 Å². The minimum atomic E-state index is -3.56. The molecule has 1 aliphatic rings. The SMILES string of the molecule is O=C(Cc1c[nH]c2ccccc12)N1CCN(S(=O)(=O)c2cccnc2)CC1. The zero-order valence-corrected chi connectivity index (χ0v) is 15.5. The number of sulfonamides is 1. The summed E-state index contributed by atoms with van der Waals surface area (Å²) in [4.78, 5) is 21.6. The van der Waals surface area contributed by atoms with Gasteiger partial charge < -0.3 is 9.88 Å². The van der Waals surface area contributed by atoms with Crippen LogP contribution in [-0.4, -0.2) is 59.7 Å². The normalized spacial score (nSPS) is 15.9. The molecule has 0 spiro atoms. The van der Waals surface area contributed by atoms with Gasteiger partial charge in [0.25, 0.3) is 0 Å². The van der Waals surface area contributed by atoms with E-state index in [1.807, 2.05) is 30.5 Å². The number of hydrogen-bond acceptors (Lipinski definition) is 4. The van der Waals surface area contributed by atoms with Crippen molar-refractivity contribution in [2.75, 3.05) is 26.2 Å². The van der Waals surface area contributed by atoms with Crippen LogP contribution in [0.3, 0.4) is 0 Å². The molecule has 1 amide bonds. The van der Waals surface area contributed by atoms with Crippen molar-refractivity contribution < 1.29 is 13.2 Å². The number of para-hydroxylation sites is 1. The largest absolute Gasteiger partial charge is 0.361 e. The molecule has 8 heteroatoms. The van der Waals surface area contributed by atoms with Crippen molar-refractivity contribution >= 4 is 26.8 Å². The molecule has 3 aromatic rings. The molecule has 0 atom stereocenters. The summed E-state index contributed by atoms with van der Waals surface area (Å²) >= 11 is 0. The van der Waals surface area contributed by atoms with Gasteiger partial charge in [-0.05, 0) is 23.8 Å². The molecular formula is C19H20N4O3S. The lowest BCUT2D eigenvalue weighted by atomic mass is 10.1. The molecule has 1 saturated heterocycles. The van der Waals surface area contributed by atoms with Gasteiger partial charge >= 0.3 is 0 Å². The van der Waals surface area contributed by atoms with Gasteiger partial charge in [0.15, 0.2) is 0 Å². The number of nitrogens with one attached hydrogen (secondary N) is 1. The van der Waals surface area contributed by atoms with Crippen LogP contribution in [0.25, 0.3) is 10.9 Å². The van der Waals surface area contributed by atoms with Crippen molar-refractivity contribution in [1.29, 1.82) is 0 Å². The number of amides is 1. The Morgan fingerprint density at radius 2 is 1.85 bits per heavy atom. The number of aromatic nitrogens is 2. The first-order valence-electron chi connectivity index (χ1n) is 8.78. The highest BCUT2D eigenvalue weighted by molar-refractivity contribution is 7.89. The standard InChI is InChI=1S/C19H20N4O3S/c24-19(12-15-13-21-18-6-2-1-5-17(15)18)22-8-10-23(11-9-22)27(25,26)16-4-3-7-20-14-16/h1-7,13-14,21H,8-12H2. The summed E-state index contributed by atoms with van der Waals surface area (Å²) in [6.07, 6.45) is 5.06. The van der Waals surface area contributed by atoms with Gasteiger partial charge in [-0.15, -0.1) is 0 Å². The van der Waals surface area contributed by atoms with Gasteiger partial charge in [0.05, 0.1) is 6.42 Å². The number of piperazine rings is 1. The summed E-state index contributed by atoms with van der Waals surface area (Å²) in [5.74, 6) is 0.0122. The third-order valence-electron chi connectivity index (χ3n) is 4.88. The zero-order valence-electron chi connectivity index (χ0n) is 14.7. The van der Waals surface area contributed by atoms with Crippen LogP contribution in [0.2, 0.25) is 0 Å². The molecule has 1 aromatic carbocycles. The van der Waals surface area contributed by atoms with E-state index in [-0.39, 0.29) is 23.9 Å². The Hall–Kier alpha value is -2.71. The first-order chi connectivity index (χ1) is 13.1. The molecule has 27 heavy (non-hydrogen) atoms. The Morgan fingerprint density at radius 3 is 2.59 bits per heavy atom. The lowest BCUT2D eigenvalue weighted by Gasteiger charge is -2.34. The van der Waals surface area contributed by atoms with Crippen LogP contribution in [0, 0.1) is 0 Å². The lowest BCUT2D eigenvalue weighted by Crippen LogP contribution is -2.50. The summed E-state index contributed by atoms with van der Waals surface area (Å²) in [7, 11) is -3.56. The molecule has 0 saturated carbocycles. The fourth-order valence-electron chi connectivity index (χ4n) is 3.38. The van der Waals surface area contributed by atoms with Crippen LogP contribution in [0.1, 0.15) is 5.56 Å². The van der Waals surface area contributed by atoms with Gasteiger partial charge in [-0.25, -0.2) is 8.42 Å². The Bertz CT molecular complexity index is 1050. The number of carbonyl (C=O) groups excluding carboxylic acids is 1. The topological polar surface area (TPSA) is 86.4 Å². The fourth-order valence-corrected chi connectivity index (χ4v) is 4.77. The Kier molecular flexibility index (Phi) is 4.67. The van der Waals surface area contributed by atoms with E-state index in [1.165, 1.54) is 16.6 Å². The van der Waals surface area contributed by atoms with E-state index in [1.54, 1.807) is 17.2 Å². The van der Waals surface area contributed by atoms with E-state index in [0.29, 0.717) is 19.5 Å². The Balaban J connectivity index is 1.41. The number of aromatic amines is 1. The third kappa shape index (κ3) is 3.45. The average molecular weight is 384 g/mol. The van der Waals surface area contributed by atoms with Crippen LogP contribution < -0.4 is 0 Å². The number of hydrogen-bond donors (Lipinski definition) is 1. The number of carbonyl (C=O) groups is 1. The molecule has 2 aromatic heterocycles. The van der Waals surface area contributed by atoms with Crippen molar-refractivity contribution in [2.45, 2.75) is 11.3 Å². The van der Waals surface area contributed by atoms with Crippen LogP contribution >= 0.6 is 0 Å². The van der Waals surface area contributed by atoms with Gasteiger partial charge in [0.1, 0.15) is 4.90 Å². The Labute approximate surface area is 157 Å². The maximum absolute atomic E-state index is 12.7. The van der Waals surface area contributed by atoms with Crippen LogP contribution in [0.15, 0.2) is 59.9 Å². The second kappa shape index (κ2) is 7.13.